The highest BCUT2D eigenvalue weighted by atomic mass is 16.3. The molecule has 188 valence electrons. The molecule has 0 spiro atoms. The first kappa shape index (κ1) is 26.7. The molecule has 1 aliphatic rings. The molecule has 2 N–H and O–H groups in total. The Hall–Kier alpha value is -2.92. The molecule has 1 heterocycles. The minimum Gasteiger partial charge on any atom is -0.393 e. The Labute approximate surface area is 211 Å². The molecule has 5 heteroatoms. The van der Waals surface area contributed by atoms with E-state index in [4.69, 9.17) is 4.98 Å². The zero-order valence-corrected chi connectivity index (χ0v) is 22.3. The number of nitrogens with one attached hydrogen (secondary N) is 1. The average Bonchev–Trinajstić information content (AvgIpc) is 2.87. The van der Waals surface area contributed by atoms with Gasteiger partial charge in [0.2, 0.25) is 0 Å². The number of hydrogen-bond donors (Lipinski definition) is 2. The van der Waals surface area contributed by atoms with Crippen LogP contribution >= 0.6 is 0 Å². The maximum absolute atomic E-state index is 9.86. The molecule has 0 radical (unpaired) electrons. The number of aliphatic hydroxyl groups is 1. The molecule has 1 saturated carbocycles. The SMILES string of the molecule is C/C=C(\C=NC)c1ccc(-c2cccc(/C(C)=C/N(C)C(C)C)c2)nc1NCC1CCC(O)CC1. The highest BCUT2D eigenvalue weighted by Crippen LogP contribution is 2.30. The topological polar surface area (TPSA) is 60.8 Å². The van der Waals surface area contributed by atoms with Gasteiger partial charge in [0.25, 0.3) is 0 Å². The van der Waals surface area contributed by atoms with Gasteiger partial charge in [0.1, 0.15) is 5.82 Å². The molecule has 1 aromatic carbocycles. The van der Waals surface area contributed by atoms with Crippen molar-refractivity contribution in [3.8, 4) is 11.3 Å². The molecule has 3 rings (SSSR count). The minimum atomic E-state index is -0.135. The zero-order chi connectivity index (χ0) is 25.4. The fourth-order valence-corrected chi connectivity index (χ4v) is 4.47. The second-order valence-electron chi connectivity index (χ2n) is 9.93. The van der Waals surface area contributed by atoms with Gasteiger partial charge in [0.15, 0.2) is 0 Å². The van der Waals surface area contributed by atoms with Crippen LogP contribution in [0.25, 0.3) is 22.4 Å². The first-order valence-electron chi connectivity index (χ1n) is 12.8. The van der Waals surface area contributed by atoms with Crippen LogP contribution in [0.15, 0.2) is 53.7 Å². The van der Waals surface area contributed by atoms with E-state index in [-0.39, 0.29) is 6.10 Å². The summed E-state index contributed by atoms with van der Waals surface area (Å²) in [5, 5.41) is 13.5. The molecule has 1 aliphatic carbocycles. The van der Waals surface area contributed by atoms with E-state index in [1.807, 2.05) is 13.1 Å². The molecule has 0 aliphatic heterocycles. The lowest BCUT2D eigenvalue weighted by Gasteiger charge is -2.26. The Morgan fingerprint density at radius 3 is 2.60 bits per heavy atom. The summed E-state index contributed by atoms with van der Waals surface area (Å²) >= 11 is 0. The number of nitrogens with zero attached hydrogens (tertiary/aromatic N) is 3. The van der Waals surface area contributed by atoms with Crippen molar-refractivity contribution in [1.29, 1.82) is 0 Å². The number of aromatic nitrogens is 1. The monoisotopic (exact) mass is 474 g/mol. The van der Waals surface area contributed by atoms with Gasteiger partial charge in [-0.3, -0.25) is 4.99 Å². The summed E-state index contributed by atoms with van der Waals surface area (Å²) < 4.78 is 0. The third kappa shape index (κ3) is 7.28. The van der Waals surface area contributed by atoms with Crippen molar-refractivity contribution in [2.24, 2.45) is 10.9 Å². The van der Waals surface area contributed by atoms with Crippen LogP contribution in [0, 0.1) is 5.92 Å². The van der Waals surface area contributed by atoms with E-state index in [9.17, 15) is 5.11 Å². The van der Waals surface area contributed by atoms with E-state index in [1.165, 1.54) is 11.1 Å². The molecular formula is C30H42N4O. The standard InChI is InChI=1S/C30H42N4O/c1-7-24(19-31-5)28-15-16-29(33-30(28)32-18-23-11-13-27(35)14-12-23)26-10-8-9-25(17-26)22(4)20-34(6)21(2)3/h7-10,15-17,19-21,23,27,35H,11-14,18H2,1-6H3,(H,32,33)/b22-20+,24-7+,31-19?. The largest absolute Gasteiger partial charge is 0.393 e. The van der Waals surface area contributed by atoms with Gasteiger partial charge in [-0.1, -0.05) is 24.3 Å². The third-order valence-electron chi connectivity index (χ3n) is 6.99. The number of rotatable bonds is 9. The van der Waals surface area contributed by atoms with Crippen LogP contribution in [0.1, 0.15) is 64.5 Å². The lowest BCUT2D eigenvalue weighted by Crippen LogP contribution is -2.24. The second kappa shape index (κ2) is 12.7. The summed E-state index contributed by atoms with van der Waals surface area (Å²) in [4.78, 5) is 11.6. The van der Waals surface area contributed by atoms with E-state index < -0.39 is 0 Å². The van der Waals surface area contributed by atoms with Crippen molar-refractivity contribution in [1.82, 2.24) is 9.88 Å². The summed E-state index contributed by atoms with van der Waals surface area (Å²) in [6, 6.07) is 13.3. The van der Waals surface area contributed by atoms with Gasteiger partial charge < -0.3 is 15.3 Å². The lowest BCUT2D eigenvalue weighted by molar-refractivity contribution is 0.111. The molecule has 0 saturated heterocycles. The van der Waals surface area contributed by atoms with Gasteiger partial charge >= 0.3 is 0 Å². The van der Waals surface area contributed by atoms with Crippen LogP contribution in [-0.4, -0.2) is 54.0 Å². The predicted molar refractivity (Wildman–Crippen MR) is 151 cm³/mol. The molecular weight excluding hydrogens is 432 g/mol. The van der Waals surface area contributed by atoms with Crippen molar-refractivity contribution >= 4 is 23.2 Å². The minimum absolute atomic E-state index is 0.135. The Morgan fingerprint density at radius 1 is 1.20 bits per heavy atom. The highest BCUT2D eigenvalue weighted by Gasteiger charge is 2.20. The van der Waals surface area contributed by atoms with Crippen molar-refractivity contribution in [2.75, 3.05) is 26.0 Å². The molecule has 0 unspecified atom stereocenters. The van der Waals surface area contributed by atoms with Crippen molar-refractivity contribution in [2.45, 2.75) is 65.5 Å². The maximum atomic E-state index is 9.86. The first-order chi connectivity index (χ1) is 16.8. The van der Waals surface area contributed by atoms with Crippen LogP contribution in [0.5, 0.6) is 0 Å². The van der Waals surface area contributed by atoms with Crippen LogP contribution in [0.3, 0.4) is 0 Å². The molecule has 1 aromatic heterocycles. The number of pyridine rings is 1. The van der Waals surface area contributed by atoms with E-state index >= 15 is 0 Å². The van der Waals surface area contributed by atoms with Crippen molar-refractivity contribution < 1.29 is 5.11 Å². The number of allylic oxidation sites excluding steroid dienone is 3. The Morgan fingerprint density at radius 2 is 1.94 bits per heavy atom. The zero-order valence-electron chi connectivity index (χ0n) is 22.3. The van der Waals surface area contributed by atoms with E-state index in [2.05, 4.69) is 91.7 Å². The number of anilines is 1. The summed E-state index contributed by atoms with van der Waals surface area (Å²) in [5.74, 6) is 1.44. The van der Waals surface area contributed by atoms with Gasteiger partial charge in [-0.05, 0) is 94.2 Å². The van der Waals surface area contributed by atoms with Crippen molar-refractivity contribution in [3.05, 3.63) is 59.8 Å². The van der Waals surface area contributed by atoms with Crippen LogP contribution in [-0.2, 0) is 0 Å². The molecule has 2 aromatic rings. The Balaban J connectivity index is 1.92. The number of aliphatic hydroxyl groups excluding tert-OH is 1. The first-order valence-corrected chi connectivity index (χ1v) is 12.8. The highest BCUT2D eigenvalue weighted by molar-refractivity contribution is 6.11. The van der Waals surface area contributed by atoms with Crippen LogP contribution in [0.4, 0.5) is 5.82 Å². The average molecular weight is 475 g/mol. The molecule has 0 bridgehead atoms. The smallest absolute Gasteiger partial charge is 0.134 e. The number of aliphatic imine (C=N–C) groups is 1. The van der Waals surface area contributed by atoms with Crippen molar-refractivity contribution in [3.63, 3.8) is 0 Å². The molecule has 35 heavy (non-hydrogen) atoms. The van der Waals surface area contributed by atoms with E-state index in [0.717, 1.165) is 60.4 Å². The fourth-order valence-electron chi connectivity index (χ4n) is 4.47. The Bertz CT molecular complexity index is 1060. The number of benzene rings is 1. The van der Waals surface area contributed by atoms with E-state index in [0.29, 0.717) is 12.0 Å². The molecule has 5 nitrogen and oxygen atoms in total. The molecule has 0 atom stereocenters. The second-order valence-corrected chi connectivity index (χ2v) is 9.93. The van der Waals surface area contributed by atoms with E-state index in [1.54, 1.807) is 7.05 Å². The van der Waals surface area contributed by atoms with Gasteiger partial charge in [-0.25, -0.2) is 4.98 Å². The van der Waals surface area contributed by atoms with Gasteiger partial charge in [0.05, 0.1) is 11.8 Å². The predicted octanol–water partition coefficient (Wildman–Crippen LogP) is 6.52. The van der Waals surface area contributed by atoms with Gasteiger partial charge in [0, 0.05) is 50.2 Å². The van der Waals surface area contributed by atoms with Crippen LogP contribution in [0.2, 0.25) is 0 Å². The Kier molecular flexibility index (Phi) is 9.67. The summed E-state index contributed by atoms with van der Waals surface area (Å²) in [5.41, 5.74) is 6.59. The molecule has 0 amide bonds. The normalized spacial score (nSPS) is 19.4. The van der Waals surface area contributed by atoms with Gasteiger partial charge in [-0.2, -0.15) is 0 Å². The number of hydrogen-bond acceptors (Lipinski definition) is 5. The summed E-state index contributed by atoms with van der Waals surface area (Å²) in [7, 11) is 3.91. The quantitative estimate of drug-likeness (QED) is 0.406. The fraction of sp³-hybridized carbons (Fsp3) is 0.467. The lowest BCUT2D eigenvalue weighted by atomic mass is 9.87. The summed E-state index contributed by atoms with van der Waals surface area (Å²) in [6.45, 7) is 9.44. The van der Waals surface area contributed by atoms with Crippen LogP contribution < -0.4 is 5.32 Å². The third-order valence-corrected chi connectivity index (χ3v) is 6.99. The van der Waals surface area contributed by atoms with Gasteiger partial charge in [-0.15, -0.1) is 0 Å². The summed E-state index contributed by atoms with van der Waals surface area (Å²) in [6.07, 6.45) is 9.91. The maximum Gasteiger partial charge on any atom is 0.134 e. The molecule has 1 fully saturated rings.